The van der Waals surface area contributed by atoms with E-state index in [0.717, 1.165) is 17.8 Å². The largest absolute Gasteiger partial charge is 0.462 e. The van der Waals surface area contributed by atoms with Crippen molar-refractivity contribution in [2.24, 2.45) is 5.41 Å². The Hall–Kier alpha value is -1.47. The summed E-state index contributed by atoms with van der Waals surface area (Å²) in [6.07, 6.45) is 1.98. The van der Waals surface area contributed by atoms with Crippen molar-refractivity contribution in [2.75, 3.05) is 39.7 Å². The standard InChI is InChI=1S/C22H39ClN3O9PS/c1-16(2)35-20(29)13-25-36(31,33-10-11-37-21(30)22(3,4)5)34-14-17(32-7)12-18(23)26(6)9-8-19(28)24-15-27/h8-9,15-18H,10-14H2,1-7H3,(H,25,31)(H,24,27,28)/b9-8-/t17?,18?,36-/m1/s1. The monoisotopic (exact) mass is 587 g/mol. The Kier molecular flexibility index (Phi) is 17.2. The first kappa shape index (κ1) is 35.5. The maximum Gasteiger partial charge on any atom is 0.406 e. The van der Waals surface area contributed by atoms with Crippen LogP contribution in [0.4, 0.5) is 0 Å². The van der Waals surface area contributed by atoms with E-state index in [1.165, 1.54) is 18.2 Å². The van der Waals surface area contributed by atoms with Gasteiger partial charge in [0.15, 0.2) is 5.12 Å². The van der Waals surface area contributed by atoms with Gasteiger partial charge in [0, 0.05) is 44.0 Å². The van der Waals surface area contributed by atoms with Crippen molar-refractivity contribution < 1.29 is 42.3 Å². The lowest BCUT2D eigenvalue weighted by Gasteiger charge is -2.26. The van der Waals surface area contributed by atoms with Crippen molar-refractivity contribution in [1.29, 1.82) is 0 Å². The number of carbonyl (C=O) groups excluding carboxylic acids is 4. The molecule has 3 atom stereocenters. The lowest BCUT2D eigenvalue weighted by atomic mass is 10.00. The van der Waals surface area contributed by atoms with E-state index in [9.17, 15) is 23.7 Å². The topological polar surface area (TPSA) is 150 Å². The molecule has 37 heavy (non-hydrogen) atoms. The zero-order valence-corrected chi connectivity index (χ0v) is 24.8. The summed E-state index contributed by atoms with van der Waals surface area (Å²) < 4.78 is 34.7. The van der Waals surface area contributed by atoms with Gasteiger partial charge in [-0.05, 0) is 13.8 Å². The fourth-order valence-corrected chi connectivity index (χ4v) is 4.73. The second-order valence-electron chi connectivity index (χ2n) is 9.02. The molecule has 214 valence electrons. The van der Waals surface area contributed by atoms with E-state index in [1.807, 2.05) is 5.32 Å². The Labute approximate surface area is 228 Å². The van der Waals surface area contributed by atoms with Gasteiger partial charge >= 0.3 is 13.7 Å². The minimum atomic E-state index is -4.00. The smallest absolute Gasteiger partial charge is 0.406 e. The Balaban J connectivity index is 5.11. The molecule has 0 aliphatic heterocycles. The molecule has 0 aliphatic rings. The molecular weight excluding hydrogens is 549 g/mol. The van der Waals surface area contributed by atoms with Crippen LogP contribution in [-0.4, -0.2) is 85.7 Å². The normalized spacial score (nSPS) is 15.2. The molecule has 0 radical (unpaired) electrons. The van der Waals surface area contributed by atoms with Crippen LogP contribution in [0.1, 0.15) is 41.0 Å². The van der Waals surface area contributed by atoms with Gasteiger partial charge in [-0.1, -0.05) is 44.1 Å². The van der Waals surface area contributed by atoms with Gasteiger partial charge < -0.3 is 14.4 Å². The fourth-order valence-electron chi connectivity index (χ4n) is 2.28. The van der Waals surface area contributed by atoms with Crippen LogP contribution in [0.15, 0.2) is 12.3 Å². The Bertz CT molecular complexity index is 824. The maximum atomic E-state index is 13.3. The Morgan fingerprint density at radius 2 is 1.84 bits per heavy atom. The molecule has 0 aromatic heterocycles. The lowest BCUT2D eigenvalue weighted by Crippen LogP contribution is -2.32. The van der Waals surface area contributed by atoms with E-state index in [2.05, 4.69) is 5.09 Å². The zero-order valence-electron chi connectivity index (χ0n) is 22.4. The number of amides is 2. The van der Waals surface area contributed by atoms with E-state index in [0.29, 0.717) is 0 Å². The lowest BCUT2D eigenvalue weighted by molar-refractivity contribution is -0.146. The summed E-state index contributed by atoms with van der Waals surface area (Å²) in [5.41, 5.74) is -1.18. The van der Waals surface area contributed by atoms with E-state index in [-0.39, 0.29) is 43.0 Å². The van der Waals surface area contributed by atoms with Crippen molar-refractivity contribution in [1.82, 2.24) is 15.3 Å². The molecule has 0 rings (SSSR count). The molecule has 12 nitrogen and oxygen atoms in total. The second-order valence-corrected chi connectivity index (χ2v) is 12.4. The highest BCUT2D eigenvalue weighted by molar-refractivity contribution is 8.13. The summed E-state index contributed by atoms with van der Waals surface area (Å²) in [7, 11) is -0.968. The summed E-state index contributed by atoms with van der Waals surface area (Å²) in [4.78, 5) is 47.2. The average Bonchev–Trinajstić information content (AvgIpc) is 2.80. The number of nitrogens with one attached hydrogen (secondary N) is 2. The third-order valence-electron chi connectivity index (χ3n) is 4.30. The number of halogens is 1. The first-order valence-electron chi connectivity index (χ1n) is 11.5. The number of methoxy groups -OCH3 is 1. The molecule has 0 saturated heterocycles. The summed E-state index contributed by atoms with van der Waals surface area (Å²) in [6, 6.07) is 0. The summed E-state index contributed by atoms with van der Waals surface area (Å²) in [5, 5.41) is 4.40. The summed E-state index contributed by atoms with van der Waals surface area (Å²) in [6.45, 7) is 8.03. The molecule has 0 aromatic carbocycles. The third-order valence-corrected chi connectivity index (χ3v) is 7.59. The number of thioether (sulfide) groups is 1. The van der Waals surface area contributed by atoms with Gasteiger partial charge in [-0.3, -0.25) is 33.5 Å². The van der Waals surface area contributed by atoms with Gasteiger partial charge in [-0.15, -0.1) is 0 Å². The van der Waals surface area contributed by atoms with Crippen LogP contribution in [0.5, 0.6) is 0 Å². The molecule has 0 fully saturated rings. The van der Waals surface area contributed by atoms with E-state index < -0.39 is 43.2 Å². The molecule has 0 aromatic rings. The van der Waals surface area contributed by atoms with E-state index in [1.54, 1.807) is 41.7 Å². The number of nitrogens with zero attached hydrogens (tertiary/aromatic N) is 1. The molecule has 0 saturated carbocycles. The SMILES string of the molecule is COC(CO[P@@](=O)(NCC(=O)OC(C)C)OCCSC(=O)C(C)(C)C)CC(Cl)N(C)/C=C\C(=O)NC=O. The highest BCUT2D eigenvalue weighted by Crippen LogP contribution is 2.44. The Morgan fingerprint density at radius 1 is 1.19 bits per heavy atom. The van der Waals surface area contributed by atoms with Gasteiger partial charge in [0.25, 0.3) is 5.91 Å². The first-order valence-corrected chi connectivity index (χ1v) is 14.4. The van der Waals surface area contributed by atoms with Crippen LogP contribution in [0.2, 0.25) is 0 Å². The predicted molar refractivity (Wildman–Crippen MR) is 142 cm³/mol. The van der Waals surface area contributed by atoms with E-state index in [4.69, 9.17) is 30.1 Å². The molecule has 0 bridgehead atoms. The number of carbonyl (C=O) groups is 4. The molecule has 2 amide bonds. The van der Waals surface area contributed by atoms with Crippen molar-refractivity contribution in [2.45, 2.75) is 58.7 Å². The van der Waals surface area contributed by atoms with Crippen molar-refractivity contribution in [3.63, 3.8) is 0 Å². The molecule has 2 unspecified atom stereocenters. The van der Waals surface area contributed by atoms with Crippen LogP contribution in [0, 0.1) is 5.41 Å². The highest BCUT2D eigenvalue weighted by atomic mass is 35.5. The Morgan fingerprint density at radius 3 is 2.38 bits per heavy atom. The number of alkyl halides is 1. The molecule has 0 heterocycles. The van der Waals surface area contributed by atoms with Crippen molar-refractivity contribution >= 4 is 54.5 Å². The summed E-state index contributed by atoms with van der Waals surface area (Å²) in [5.74, 6) is -1.02. The molecule has 0 aliphatic carbocycles. The number of hydrogen-bond acceptors (Lipinski definition) is 11. The van der Waals surface area contributed by atoms with Crippen LogP contribution < -0.4 is 10.4 Å². The van der Waals surface area contributed by atoms with Gasteiger partial charge in [0.05, 0.1) is 25.4 Å². The maximum absolute atomic E-state index is 13.3. The predicted octanol–water partition coefficient (Wildman–Crippen LogP) is 2.66. The average molecular weight is 588 g/mol. The number of rotatable bonds is 18. The van der Waals surface area contributed by atoms with Crippen LogP contribution in [0.25, 0.3) is 0 Å². The van der Waals surface area contributed by atoms with Crippen LogP contribution in [0.3, 0.4) is 0 Å². The molecule has 15 heteroatoms. The second kappa shape index (κ2) is 17.9. The minimum absolute atomic E-state index is 0.0465. The number of hydrogen-bond donors (Lipinski definition) is 2. The van der Waals surface area contributed by atoms with Gasteiger partial charge in [-0.2, -0.15) is 0 Å². The van der Waals surface area contributed by atoms with Crippen LogP contribution >= 0.6 is 31.1 Å². The van der Waals surface area contributed by atoms with Gasteiger partial charge in [0.1, 0.15) is 12.0 Å². The van der Waals surface area contributed by atoms with Gasteiger partial charge in [0.2, 0.25) is 6.41 Å². The summed E-state index contributed by atoms with van der Waals surface area (Å²) >= 11 is 7.41. The third kappa shape index (κ3) is 16.9. The first-order chi connectivity index (χ1) is 17.1. The number of imide groups is 1. The molecule has 0 spiro atoms. The van der Waals surface area contributed by atoms with Gasteiger partial charge in [-0.25, -0.2) is 9.65 Å². The highest BCUT2D eigenvalue weighted by Gasteiger charge is 2.29. The fraction of sp³-hybridized carbons (Fsp3) is 0.727. The van der Waals surface area contributed by atoms with Crippen LogP contribution in [-0.2, 0) is 42.3 Å². The van der Waals surface area contributed by atoms with E-state index >= 15 is 0 Å². The molecule has 2 N–H and O–H groups in total. The number of ether oxygens (including phenoxy) is 2. The minimum Gasteiger partial charge on any atom is -0.462 e. The quantitative estimate of drug-likeness (QED) is 0.0461. The van der Waals surface area contributed by atoms with Crippen molar-refractivity contribution in [3.05, 3.63) is 12.3 Å². The molecular formula is C22H39ClN3O9PS. The number of esters is 1. The zero-order chi connectivity index (χ0) is 28.6. The van der Waals surface area contributed by atoms with Crippen molar-refractivity contribution in [3.8, 4) is 0 Å².